The van der Waals surface area contributed by atoms with Crippen LogP contribution in [0.4, 0.5) is 5.82 Å². The number of aromatic nitrogens is 3. The van der Waals surface area contributed by atoms with Crippen LogP contribution in [0.5, 0.6) is 0 Å². The highest BCUT2D eigenvalue weighted by Crippen LogP contribution is 2.35. The monoisotopic (exact) mass is 453 g/mol. The maximum Gasteiger partial charge on any atom is 0.181 e. The molecule has 1 N–H and O–H groups in total. The van der Waals surface area contributed by atoms with Gasteiger partial charge < -0.3 is 5.32 Å². The molecule has 6 heteroatoms. The highest BCUT2D eigenvalue weighted by atomic mass is 32.1. The molecule has 0 spiro atoms. The topological polar surface area (TPSA) is 45.5 Å². The van der Waals surface area contributed by atoms with Crippen molar-refractivity contribution in [2.75, 3.05) is 18.4 Å². The van der Waals surface area contributed by atoms with Crippen LogP contribution in [0.25, 0.3) is 26.4 Å². The molecular formula is C27H27N5S. The number of rotatable bonds is 5. The van der Waals surface area contributed by atoms with Gasteiger partial charge in [-0.15, -0.1) is 11.3 Å². The first-order valence-corrected chi connectivity index (χ1v) is 12.4. The Kier molecular flexibility index (Phi) is 5.32. The second-order valence-corrected chi connectivity index (χ2v) is 9.90. The average molecular weight is 454 g/mol. The normalized spacial score (nSPS) is 15.4. The fourth-order valence-corrected chi connectivity index (χ4v) is 5.92. The lowest BCUT2D eigenvalue weighted by Gasteiger charge is -2.32. The molecule has 1 aliphatic rings. The molecule has 0 unspecified atom stereocenters. The van der Waals surface area contributed by atoms with E-state index in [1.807, 2.05) is 6.20 Å². The van der Waals surface area contributed by atoms with Crippen LogP contribution in [-0.2, 0) is 6.54 Å². The molecule has 2 aromatic carbocycles. The standard InChI is InChI=1S/C27H27N5S/c1-19-17-28-26-25(29-22-12-14-31(15-13-22)18-20-8-4-2-5-9-20)30-23-16-24(33-27(23)32(19)26)21-10-6-3-7-11-21/h2-11,16-17,22H,12-15,18H2,1H3,(H,29,30). The third-order valence-electron chi connectivity index (χ3n) is 6.51. The van der Waals surface area contributed by atoms with Crippen molar-refractivity contribution in [2.45, 2.75) is 32.4 Å². The van der Waals surface area contributed by atoms with E-state index in [4.69, 9.17) is 9.97 Å². The van der Waals surface area contributed by atoms with E-state index in [0.29, 0.717) is 6.04 Å². The molecular weight excluding hydrogens is 426 g/mol. The zero-order chi connectivity index (χ0) is 22.2. The summed E-state index contributed by atoms with van der Waals surface area (Å²) in [5.41, 5.74) is 5.70. The lowest BCUT2D eigenvalue weighted by atomic mass is 10.0. The van der Waals surface area contributed by atoms with Crippen LogP contribution >= 0.6 is 11.3 Å². The van der Waals surface area contributed by atoms with E-state index in [-0.39, 0.29) is 0 Å². The Balaban J connectivity index is 1.25. The minimum Gasteiger partial charge on any atom is -0.364 e. The Bertz CT molecular complexity index is 1380. The number of hydrogen-bond acceptors (Lipinski definition) is 5. The minimum absolute atomic E-state index is 0.412. The number of piperidine rings is 1. The number of nitrogens with zero attached hydrogens (tertiary/aromatic N) is 4. The highest BCUT2D eigenvalue weighted by molar-refractivity contribution is 7.21. The fraction of sp³-hybridized carbons (Fsp3) is 0.259. The third kappa shape index (κ3) is 4.01. The summed E-state index contributed by atoms with van der Waals surface area (Å²) < 4.78 is 2.26. The second kappa shape index (κ2) is 8.61. The van der Waals surface area contributed by atoms with Crippen LogP contribution in [0.1, 0.15) is 24.1 Å². The van der Waals surface area contributed by atoms with Gasteiger partial charge in [0, 0.05) is 42.4 Å². The van der Waals surface area contributed by atoms with Crippen molar-refractivity contribution in [2.24, 2.45) is 0 Å². The molecule has 0 amide bonds. The fourth-order valence-electron chi connectivity index (χ4n) is 4.75. The molecule has 3 aromatic heterocycles. The largest absolute Gasteiger partial charge is 0.364 e. The summed E-state index contributed by atoms with van der Waals surface area (Å²) in [6.07, 6.45) is 4.17. The highest BCUT2D eigenvalue weighted by Gasteiger charge is 2.22. The van der Waals surface area contributed by atoms with Crippen LogP contribution < -0.4 is 5.32 Å². The van der Waals surface area contributed by atoms with Gasteiger partial charge in [0.15, 0.2) is 11.5 Å². The van der Waals surface area contributed by atoms with E-state index in [0.717, 1.165) is 60.0 Å². The predicted octanol–water partition coefficient (Wildman–Crippen LogP) is 6.00. The summed E-state index contributed by atoms with van der Waals surface area (Å²) in [4.78, 5) is 14.7. The molecule has 166 valence electrons. The van der Waals surface area contributed by atoms with Gasteiger partial charge in [0.1, 0.15) is 10.3 Å². The van der Waals surface area contributed by atoms with Crippen molar-refractivity contribution in [3.63, 3.8) is 0 Å². The van der Waals surface area contributed by atoms with E-state index < -0.39 is 0 Å². The van der Waals surface area contributed by atoms with Crippen LogP contribution in [0.15, 0.2) is 72.9 Å². The van der Waals surface area contributed by atoms with Gasteiger partial charge in [0.05, 0.1) is 0 Å². The van der Waals surface area contributed by atoms with Crippen LogP contribution in [0, 0.1) is 6.92 Å². The molecule has 6 rings (SSSR count). The number of benzene rings is 2. The Morgan fingerprint density at radius 2 is 1.73 bits per heavy atom. The Morgan fingerprint density at radius 1 is 1.00 bits per heavy atom. The quantitative estimate of drug-likeness (QED) is 0.355. The molecule has 0 aliphatic carbocycles. The summed E-state index contributed by atoms with van der Waals surface area (Å²) in [5, 5.41) is 3.75. The van der Waals surface area contributed by atoms with Gasteiger partial charge in [0.25, 0.3) is 0 Å². The molecule has 5 nitrogen and oxygen atoms in total. The first kappa shape index (κ1) is 20.4. The van der Waals surface area contributed by atoms with Gasteiger partial charge in [-0.25, -0.2) is 9.97 Å². The Labute approximate surface area is 197 Å². The molecule has 0 atom stereocenters. The number of anilines is 1. The summed E-state index contributed by atoms with van der Waals surface area (Å²) in [5.74, 6) is 0.898. The summed E-state index contributed by atoms with van der Waals surface area (Å²) in [7, 11) is 0. The average Bonchev–Trinajstić information content (AvgIpc) is 3.45. The van der Waals surface area contributed by atoms with Gasteiger partial charge >= 0.3 is 0 Å². The van der Waals surface area contributed by atoms with Gasteiger partial charge in [-0.05, 0) is 37.0 Å². The zero-order valence-electron chi connectivity index (χ0n) is 18.7. The molecule has 0 saturated carbocycles. The van der Waals surface area contributed by atoms with Gasteiger partial charge in [-0.1, -0.05) is 60.7 Å². The lowest BCUT2D eigenvalue weighted by molar-refractivity contribution is 0.211. The van der Waals surface area contributed by atoms with E-state index in [1.165, 1.54) is 16.0 Å². The third-order valence-corrected chi connectivity index (χ3v) is 7.67. The van der Waals surface area contributed by atoms with Crippen molar-refractivity contribution >= 4 is 33.1 Å². The predicted molar refractivity (Wildman–Crippen MR) is 137 cm³/mol. The zero-order valence-corrected chi connectivity index (χ0v) is 19.6. The lowest BCUT2D eigenvalue weighted by Crippen LogP contribution is -2.38. The first-order valence-electron chi connectivity index (χ1n) is 11.6. The molecule has 1 fully saturated rings. The molecule has 33 heavy (non-hydrogen) atoms. The minimum atomic E-state index is 0.412. The van der Waals surface area contributed by atoms with Crippen LogP contribution in [0.2, 0.25) is 0 Å². The van der Waals surface area contributed by atoms with Crippen molar-refractivity contribution in [3.05, 3.63) is 84.2 Å². The SMILES string of the molecule is Cc1cnc2c(NC3CCN(Cc4ccccc4)CC3)nc3cc(-c4ccccc4)sc3n12. The summed E-state index contributed by atoms with van der Waals surface area (Å²) >= 11 is 1.78. The summed E-state index contributed by atoms with van der Waals surface area (Å²) in [6.45, 7) is 5.33. The second-order valence-electron chi connectivity index (χ2n) is 8.87. The number of fused-ring (bicyclic) bond motifs is 3. The smallest absolute Gasteiger partial charge is 0.181 e. The maximum absolute atomic E-state index is 5.05. The van der Waals surface area contributed by atoms with E-state index in [9.17, 15) is 0 Å². The van der Waals surface area contributed by atoms with Crippen molar-refractivity contribution in [1.82, 2.24) is 19.3 Å². The number of imidazole rings is 1. The van der Waals surface area contributed by atoms with Gasteiger partial charge in [-0.2, -0.15) is 0 Å². The number of thiophene rings is 1. The molecule has 1 saturated heterocycles. The van der Waals surface area contributed by atoms with Crippen molar-refractivity contribution in [1.29, 1.82) is 0 Å². The molecule has 4 heterocycles. The maximum atomic E-state index is 5.05. The summed E-state index contributed by atoms with van der Waals surface area (Å²) in [6, 6.07) is 23.9. The number of hydrogen-bond donors (Lipinski definition) is 1. The number of aryl methyl sites for hydroxylation is 1. The molecule has 0 radical (unpaired) electrons. The van der Waals surface area contributed by atoms with Gasteiger partial charge in [0.2, 0.25) is 0 Å². The van der Waals surface area contributed by atoms with Crippen LogP contribution in [0.3, 0.4) is 0 Å². The van der Waals surface area contributed by atoms with Crippen molar-refractivity contribution in [3.8, 4) is 10.4 Å². The van der Waals surface area contributed by atoms with E-state index >= 15 is 0 Å². The van der Waals surface area contributed by atoms with Crippen LogP contribution in [-0.4, -0.2) is 38.4 Å². The molecule has 5 aromatic rings. The van der Waals surface area contributed by atoms with E-state index in [2.05, 4.69) is 88.3 Å². The Morgan fingerprint density at radius 3 is 2.48 bits per heavy atom. The Hall–Kier alpha value is -3.22. The van der Waals surface area contributed by atoms with E-state index in [1.54, 1.807) is 11.3 Å². The molecule has 1 aliphatic heterocycles. The van der Waals surface area contributed by atoms with Gasteiger partial charge in [-0.3, -0.25) is 9.30 Å². The van der Waals surface area contributed by atoms with Crippen molar-refractivity contribution < 1.29 is 0 Å². The number of nitrogens with one attached hydrogen (secondary N) is 1. The molecule has 0 bridgehead atoms. The first-order chi connectivity index (χ1) is 16.2. The number of likely N-dealkylation sites (tertiary alicyclic amines) is 1.